The molecule has 2 N–H and O–H groups in total. The first-order chi connectivity index (χ1) is 17.4. The molecular formula is C27H24FN3O4S. The summed E-state index contributed by atoms with van der Waals surface area (Å²) in [6.45, 7) is 1.56. The van der Waals surface area contributed by atoms with Crippen LogP contribution in [0.3, 0.4) is 0 Å². The number of anilines is 1. The lowest BCUT2D eigenvalue weighted by molar-refractivity contribution is -0.126. The highest BCUT2D eigenvalue weighted by Crippen LogP contribution is 2.30. The zero-order valence-electron chi connectivity index (χ0n) is 19.4. The zero-order valence-corrected chi connectivity index (χ0v) is 20.3. The molecule has 0 saturated heterocycles. The molecule has 0 saturated carbocycles. The maximum absolute atomic E-state index is 15.0. The SMILES string of the molecule is Cc1ccc(N(C(=O)CNC(=O)c2cccs2)C(C(=O)NCc2ccco2)c2ccccc2F)cc1. The van der Waals surface area contributed by atoms with Crippen LogP contribution in [0.2, 0.25) is 0 Å². The molecule has 0 spiro atoms. The third-order valence-corrected chi connectivity index (χ3v) is 6.32. The van der Waals surface area contributed by atoms with Crippen molar-refractivity contribution >= 4 is 34.7 Å². The summed E-state index contributed by atoms with van der Waals surface area (Å²) in [5.41, 5.74) is 1.35. The number of benzene rings is 2. The Kier molecular flexibility index (Phi) is 7.92. The first kappa shape index (κ1) is 24.9. The summed E-state index contributed by atoms with van der Waals surface area (Å²) in [6.07, 6.45) is 1.48. The van der Waals surface area contributed by atoms with Crippen LogP contribution >= 0.6 is 11.3 Å². The van der Waals surface area contributed by atoms with Gasteiger partial charge in [-0.2, -0.15) is 0 Å². The summed E-state index contributed by atoms with van der Waals surface area (Å²) in [7, 11) is 0. The highest BCUT2D eigenvalue weighted by atomic mass is 32.1. The molecule has 2 aromatic carbocycles. The number of nitrogens with one attached hydrogen (secondary N) is 2. The minimum Gasteiger partial charge on any atom is -0.467 e. The van der Waals surface area contributed by atoms with Crippen LogP contribution in [0, 0.1) is 12.7 Å². The standard InChI is InChI=1S/C27H24FN3O4S/c1-18-10-12-19(13-11-18)31(24(32)17-30-26(33)23-9-5-15-36-23)25(21-7-2-3-8-22(21)28)27(34)29-16-20-6-4-14-35-20/h2-15,25H,16-17H2,1H3,(H,29,34)(H,30,33). The molecule has 0 radical (unpaired) electrons. The average Bonchev–Trinajstić information content (AvgIpc) is 3.60. The Bertz CT molecular complexity index is 1320. The van der Waals surface area contributed by atoms with Gasteiger partial charge in [0.2, 0.25) is 11.8 Å². The summed E-state index contributed by atoms with van der Waals surface area (Å²) < 4.78 is 20.3. The van der Waals surface area contributed by atoms with Gasteiger partial charge in [-0.15, -0.1) is 11.3 Å². The van der Waals surface area contributed by atoms with Crippen molar-refractivity contribution in [1.29, 1.82) is 0 Å². The zero-order chi connectivity index (χ0) is 25.5. The molecule has 0 aliphatic rings. The summed E-state index contributed by atoms with van der Waals surface area (Å²) in [6, 6.07) is 18.2. The van der Waals surface area contributed by atoms with E-state index in [4.69, 9.17) is 4.42 Å². The lowest BCUT2D eigenvalue weighted by atomic mass is 10.0. The fourth-order valence-electron chi connectivity index (χ4n) is 3.66. The Morgan fingerprint density at radius 2 is 1.75 bits per heavy atom. The summed E-state index contributed by atoms with van der Waals surface area (Å²) >= 11 is 1.24. The van der Waals surface area contributed by atoms with Gasteiger partial charge in [-0.1, -0.05) is 42.0 Å². The number of rotatable bonds is 9. The van der Waals surface area contributed by atoms with Gasteiger partial charge in [0.25, 0.3) is 5.91 Å². The Morgan fingerprint density at radius 3 is 2.42 bits per heavy atom. The molecule has 1 unspecified atom stereocenters. The highest BCUT2D eigenvalue weighted by Gasteiger charge is 2.34. The number of furan rings is 1. The van der Waals surface area contributed by atoms with Gasteiger partial charge < -0.3 is 15.1 Å². The van der Waals surface area contributed by atoms with Gasteiger partial charge in [0, 0.05) is 11.3 Å². The molecule has 36 heavy (non-hydrogen) atoms. The van der Waals surface area contributed by atoms with Crippen molar-refractivity contribution in [3.05, 3.63) is 112 Å². The van der Waals surface area contributed by atoms with Crippen LogP contribution < -0.4 is 15.5 Å². The maximum Gasteiger partial charge on any atom is 0.261 e. The van der Waals surface area contributed by atoms with Crippen LogP contribution in [0.4, 0.5) is 10.1 Å². The second kappa shape index (κ2) is 11.5. The first-order valence-corrected chi connectivity index (χ1v) is 12.1. The third-order valence-electron chi connectivity index (χ3n) is 5.45. The molecule has 0 bridgehead atoms. The van der Waals surface area contributed by atoms with E-state index >= 15 is 4.39 Å². The molecule has 9 heteroatoms. The lowest BCUT2D eigenvalue weighted by Crippen LogP contribution is -2.47. The minimum atomic E-state index is -1.34. The van der Waals surface area contributed by atoms with Crippen LogP contribution in [-0.2, 0) is 16.1 Å². The Hall–Kier alpha value is -4.24. The summed E-state index contributed by atoms with van der Waals surface area (Å²) in [5.74, 6) is -1.72. The number of hydrogen-bond donors (Lipinski definition) is 2. The molecule has 3 amide bonds. The second-order valence-electron chi connectivity index (χ2n) is 7.98. The number of carbonyl (C=O) groups is 3. The number of halogens is 1. The average molecular weight is 506 g/mol. The Morgan fingerprint density at radius 1 is 0.972 bits per heavy atom. The topological polar surface area (TPSA) is 91.7 Å². The summed E-state index contributed by atoms with van der Waals surface area (Å²) in [5, 5.41) is 7.09. The van der Waals surface area contributed by atoms with Crippen LogP contribution in [0.1, 0.15) is 32.6 Å². The van der Waals surface area contributed by atoms with Gasteiger partial charge in [-0.05, 0) is 48.7 Å². The molecule has 0 aliphatic carbocycles. The van der Waals surface area contributed by atoms with E-state index < -0.39 is 29.6 Å². The third kappa shape index (κ3) is 5.87. The molecule has 184 valence electrons. The van der Waals surface area contributed by atoms with Crippen molar-refractivity contribution in [2.24, 2.45) is 0 Å². The van der Waals surface area contributed by atoms with Gasteiger partial charge in [0.05, 0.1) is 24.2 Å². The molecule has 4 rings (SSSR count). The highest BCUT2D eigenvalue weighted by molar-refractivity contribution is 7.12. The van der Waals surface area contributed by atoms with Gasteiger partial charge in [-0.3, -0.25) is 19.3 Å². The molecule has 0 fully saturated rings. The molecule has 2 heterocycles. The maximum atomic E-state index is 15.0. The van der Waals surface area contributed by atoms with E-state index in [1.807, 2.05) is 6.92 Å². The fourth-order valence-corrected chi connectivity index (χ4v) is 4.30. The van der Waals surface area contributed by atoms with E-state index in [0.29, 0.717) is 16.3 Å². The largest absolute Gasteiger partial charge is 0.467 e. The van der Waals surface area contributed by atoms with Crippen molar-refractivity contribution in [1.82, 2.24) is 10.6 Å². The van der Waals surface area contributed by atoms with Gasteiger partial charge in [0.15, 0.2) is 0 Å². The van der Waals surface area contributed by atoms with Gasteiger partial charge in [-0.25, -0.2) is 4.39 Å². The number of aryl methyl sites for hydroxylation is 1. The lowest BCUT2D eigenvalue weighted by Gasteiger charge is -2.32. The summed E-state index contributed by atoms with van der Waals surface area (Å²) in [4.78, 5) is 41.2. The normalized spacial score (nSPS) is 11.5. The predicted molar refractivity (Wildman–Crippen MR) is 135 cm³/mol. The fraction of sp³-hybridized carbons (Fsp3) is 0.148. The number of amides is 3. The van der Waals surface area contributed by atoms with Crippen molar-refractivity contribution in [2.75, 3.05) is 11.4 Å². The molecular weight excluding hydrogens is 481 g/mol. The van der Waals surface area contributed by atoms with E-state index in [2.05, 4.69) is 10.6 Å². The van der Waals surface area contributed by atoms with E-state index in [9.17, 15) is 14.4 Å². The van der Waals surface area contributed by atoms with Crippen LogP contribution in [-0.4, -0.2) is 24.3 Å². The molecule has 7 nitrogen and oxygen atoms in total. The van der Waals surface area contributed by atoms with Gasteiger partial charge >= 0.3 is 0 Å². The number of carbonyl (C=O) groups excluding carboxylic acids is 3. The predicted octanol–water partition coefficient (Wildman–Crippen LogP) is 4.61. The monoisotopic (exact) mass is 505 g/mol. The van der Waals surface area contributed by atoms with Crippen molar-refractivity contribution < 1.29 is 23.2 Å². The number of thiophene rings is 1. The van der Waals surface area contributed by atoms with E-state index in [-0.39, 0.29) is 18.7 Å². The molecule has 0 aliphatic heterocycles. The quantitative estimate of drug-likeness (QED) is 0.348. The Balaban J connectivity index is 1.68. The van der Waals surface area contributed by atoms with E-state index in [1.165, 1.54) is 40.7 Å². The van der Waals surface area contributed by atoms with Crippen LogP contribution in [0.25, 0.3) is 0 Å². The number of nitrogens with zero attached hydrogens (tertiary/aromatic N) is 1. The Labute approximate surface area is 211 Å². The van der Waals surface area contributed by atoms with Crippen molar-refractivity contribution in [3.8, 4) is 0 Å². The van der Waals surface area contributed by atoms with Crippen LogP contribution in [0.5, 0.6) is 0 Å². The van der Waals surface area contributed by atoms with E-state index in [1.54, 1.807) is 60.0 Å². The minimum absolute atomic E-state index is 0.0213. The molecule has 4 aromatic rings. The van der Waals surface area contributed by atoms with E-state index in [0.717, 1.165) is 5.56 Å². The molecule has 2 aromatic heterocycles. The second-order valence-corrected chi connectivity index (χ2v) is 8.93. The molecule has 1 atom stereocenters. The number of hydrogen-bond acceptors (Lipinski definition) is 5. The van der Waals surface area contributed by atoms with Crippen LogP contribution in [0.15, 0.2) is 88.9 Å². The van der Waals surface area contributed by atoms with Crippen molar-refractivity contribution in [2.45, 2.75) is 19.5 Å². The first-order valence-electron chi connectivity index (χ1n) is 11.2. The smallest absolute Gasteiger partial charge is 0.261 e. The van der Waals surface area contributed by atoms with Crippen molar-refractivity contribution in [3.63, 3.8) is 0 Å². The van der Waals surface area contributed by atoms with Gasteiger partial charge in [0.1, 0.15) is 17.6 Å².